The summed E-state index contributed by atoms with van der Waals surface area (Å²) in [4.78, 5) is 8.91. The molecule has 4 nitrogen and oxygen atoms in total. The lowest BCUT2D eigenvalue weighted by Crippen LogP contribution is -2.21. The minimum absolute atomic E-state index is 0.0869. The Bertz CT molecular complexity index is 362. The molecule has 0 bridgehead atoms. The van der Waals surface area contributed by atoms with Gasteiger partial charge in [-0.05, 0) is 44.1 Å². The van der Waals surface area contributed by atoms with Crippen LogP contribution in [0.1, 0.15) is 50.6 Å². The molecule has 1 aliphatic carbocycles. The van der Waals surface area contributed by atoms with E-state index in [9.17, 15) is 0 Å². The summed E-state index contributed by atoms with van der Waals surface area (Å²) in [5.41, 5.74) is 7.04. The fraction of sp³-hybridized carbons (Fsp3) is 0.714. The van der Waals surface area contributed by atoms with Gasteiger partial charge < -0.3 is 10.5 Å². The fourth-order valence-corrected chi connectivity index (χ4v) is 2.06. The lowest BCUT2D eigenvalue weighted by molar-refractivity contribution is 0.0400. The van der Waals surface area contributed by atoms with E-state index < -0.39 is 0 Å². The second-order valence-corrected chi connectivity index (χ2v) is 5.04. The van der Waals surface area contributed by atoms with Gasteiger partial charge in [-0.15, -0.1) is 0 Å². The van der Waals surface area contributed by atoms with Crippen LogP contribution in [0, 0.1) is 5.92 Å². The highest BCUT2D eigenvalue weighted by Gasteiger charge is 2.34. The summed E-state index contributed by atoms with van der Waals surface area (Å²) < 4.78 is 5.74. The van der Waals surface area contributed by atoms with E-state index in [0.717, 1.165) is 24.2 Å². The lowest BCUT2D eigenvalue weighted by Gasteiger charge is -2.15. The largest absolute Gasteiger partial charge is 0.370 e. The third-order valence-electron chi connectivity index (χ3n) is 3.40. The molecule has 18 heavy (non-hydrogen) atoms. The van der Waals surface area contributed by atoms with Gasteiger partial charge in [0.05, 0.1) is 0 Å². The first kappa shape index (κ1) is 13.4. The zero-order valence-electron chi connectivity index (χ0n) is 11.3. The predicted octanol–water partition coefficient (Wildman–Crippen LogP) is 2.24. The zero-order chi connectivity index (χ0) is 13.0. The van der Waals surface area contributed by atoms with Crippen LogP contribution in [0.2, 0.25) is 0 Å². The molecule has 1 aliphatic rings. The molecule has 0 aromatic carbocycles. The molecule has 2 rings (SSSR count). The number of ether oxygens (including phenoxy) is 1. The summed E-state index contributed by atoms with van der Waals surface area (Å²) >= 11 is 0. The maximum atomic E-state index is 5.93. The van der Waals surface area contributed by atoms with Gasteiger partial charge in [-0.3, -0.25) is 0 Å². The van der Waals surface area contributed by atoms with E-state index in [2.05, 4.69) is 16.9 Å². The number of aromatic nitrogens is 2. The molecule has 1 heterocycles. The first-order valence-electron chi connectivity index (χ1n) is 6.92. The topological polar surface area (TPSA) is 61.0 Å². The number of nitrogens with two attached hydrogens (primary N) is 1. The Morgan fingerprint density at radius 3 is 2.50 bits per heavy atom. The molecular weight excluding hydrogens is 226 g/mol. The molecule has 4 heteroatoms. The smallest absolute Gasteiger partial charge is 0.157 e. The van der Waals surface area contributed by atoms with Gasteiger partial charge in [0.15, 0.2) is 5.82 Å². The normalized spacial score (nSPS) is 18.6. The van der Waals surface area contributed by atoms with Crippen LogP contribution in [-0.4, -0.2) is 22.6 Å². The van der Waals surface area contributed by atoms with Crippen LogP contribution in [0.5, 0.6) is 0 Å². The van der Waals surface area contributed by atoms with Crippen molar-refractivity contribution in [2.24, 2.45) is 11.7 Å². The van der Waals surface area contributed by atoms with Crippen molar-refractivity contribution in [2.45, 2.75) is 51.7 Å². The highest BCUT2D eigenvalue weighted by Crippen LogP contribution is 2.42. The molecule has 1 aromatic heterocycles. The van der Waals surface area contributed by atoms with Gasteiger partial charge in [0.1, 0.15) is 6.10 Å². The molecule has 100 valence electrons. The molecule has 1 fully saturated rings. The molecular formula is C14H23N3O. The predicted molar refractivity (Wildman–Crippen MR) is 71.1 cm³/mol. The molecule has 2 unspecified atom stereocenters. The maximum Gasteiger partial charge on any atom is 0.157 e. The van der Waals surface area contributed by atoms with Crippen molar-refractivity contribution >= 4 is 0 Å². The fourth-order valence-electron chi connectivity index (χ4n) is 2.06. The van der Waals surface area contributed by atoms with E-state index in [4.69, 9.17) is 10.5 Å². The standard InChI is InChI=1S/C14H23N3O/c1-3-12(15)7-10-8-16-14(17-9-10)13(18-4-2)11-5-6-11/h8-9,11-13H,3-7,15H2,1-2H3. The Hall–Kier alpha value is -1.00. The van der Waals surface area contributed by atoms with Crippen LogP contribution >= 0.6 is 0 Å². The van der Waals surface area contributed by atoms with E-state index in [-0.39, 0.29) is 12.1 Å². The zero-order valence-corrected chi connectivity index (χ0v) is 11.3. The van der Waals surface area contributed by atoms with Crippen molar-refractivity contribution in [3.63, 3.8) is 0 Å². The van der Waals surface area contributed by atoms with Crippen LogP contribution in [-0.2, 0) is 11.2 Å². The molecule has 1 saturated carbocycles. The van der Waals surface area contributed by atoms with Crippen LogP contribution in [0.4, 0.5) is 0 Å². The van der Waals surface area contributed by atoms with E-state index in [1.807, 2.05) is 19.3 Å². The molecule has 0 saturated heterocycles. The van der Waals surface area contributed by atoms with Gasteiger partial charge in [-0.25, -0.2) is 9.97 Å². The summed E-state index contributed by atoms with van der Waals surface area (Å²) in [5.74, 6) is 1.45. The van der Waals surface area contributed by atoms with Crippen molar-refractivity contribution < 1.29 is 4.74 Å². The van der Waals surface area contributed by atoms with Crippen molar-refractivity contribution in [1.29, 1.82) is 0 Å². The average Bonchev–Trinajstić information content (AvgIpc) is 3.21. The molecule has 1 aromatic rings. The maximum absolute atomic E-state index is 5.93. The Kier molecular flexibility index (Phi) is 4.66. The van der Waals surface area contributed by atoms with E-state index in [1.165, 1.54) is 12.8 Å². The molecule has 0 radical (unpaired) electrons. The van der Waals surface area contributed by atoms with Crippen LogP contribution in [0.15, 0.2) is 12.4 Å². The van der Waals surface area contributed by atoms with Crippen LogP contribution in [0.25, 0.3) is 0 Å². The number of hydrogen-bond donors (Lipinski definition) is 1. The minimum atomic E-state index is 0.0869. The van der Waals surface area contributed by atoms with Gasteiger partial charge in [-0.2, -0.15) is 0 Å². The van der Waals surface area contributed by atoms with Gasteiger partial charge in [0.2, 0.25) is 0 Å². The second-order valence-electron chi connectivity index (χ2n) is 5.04. The molecule has 0 spiro atoms. The first-order valence-corrected chi connectivity index (χ1v) is 6.92. The van der Waals surface area contributed by atoms with Crippen molar-refractivity contribution in [1.82, 2.24) is 9.97 Å². The molecule has 0 amide bonds. The van der Waals surface area contributed by atoms with E-state index in [1.54, 1.807) is 0 Å². The van der Waals surface area contributed by atoms with Crippen LogP contribution in [0.3, 0.4) is 0 Å². The number of nitrogens with zero attached hydrogens (tertiary/aromatic N) is 2. The van der Waals surface area contributed by atoms with E-state index >= 15 is 0 Å². The Balaban J connectivity index is 2.01. The Morgan fingerprint density at radius 1 is 1.33 bits per heavy atom. The Morgan fingerprint density at radius 2 is 2.00 bits per heavy atom. The summed E-state index contributed by atoms with van der Waals surface area (Å²) in [6.07, 6.45) is 8.17. The summed E-state index contributed by atoms with van der Waals surface area (Å²) in [6, 6.07) is 0.200. The molecule has 2 N–H and O–H groups in total. The van der Waals surface area contributed by atoms with Gasteiger partial charge >= 0.3 is 0 Å². The third kappa shape index (κ3) is 3.50. The summed E-state index contributed by atoms with van der Waals surface area (Å²) in [6.45, 7) is 4.83. The Labute approximate surface area is 109 Å². The highest BCUT2D eigenvalue weighted by molar-refractivity contribution is 5.09. The average molecular weight is 249 g/mol. The third-order valence-corrected chi connectivity index (χ3v) is 3.40. The number of hydrogen-bond acceptors (Lipinski definition) is 4. The highest BCUT2D eigenvalue weighted by atomic mass is 16.5. The summed E-state index contributed by atoms with van der Waals surface area (Å²) in [5, 5.41) is 0. The van der Waals surface area contributed by atoms with Gasteiger partial charge in [-0.1, -0.05) is 6.92 Å². The molecule has 2 atom stereocenters. The van der Waals surface area contributed by atoms with Gasteiger partial charge in [0.25, 0.3) is 0 Å². The summed E-state index contributed by atoms with van der Waals surface area (Å²) in [7, 11) is 0. The molecule has 0 aliphatic heterocycles. The van der Waals surface area contributed by atoms with Gasteiger partial charge in [0, 0.05) is 25.0 Å². The van der Waals surface area contributed by atoms with Crippen molar-refractivity contribution in [2.75, 3.05) is 6.61 Å². The van der Waals surface area contributed by atoms with Crippen molar-refractivity contribution in [3.05, 3.63) is 23.8 Å². The second kappa shape index (κ2) is 6.25. The monoisotopic (exact) mass is 249 g/mol. The quantitative estimate of drug-likeness (QED) is 0.805. The SMILES string of the molecule is CCOC(c1ncc(CC(N)CC)cn1)C1CC1. The van der Waals surface area contributed by atoms with E-state index in [0.29, 0.717) is 12.5 Å². The van der Waals surface area contributed by atoms with Crippen LogP contribution < -0.4 is 5.73 Å². The number of rotatable bonds is 7. The minimum Gasteiger partial charge on any atom is -0.370 e. The first-order chi connectivity index (χ1) is 8.74. The van der Waals surface area contributed by atoms with Crippen molar-refractivity contribution in [3.8, 4) is 0 Å². The lowest BCUT2D eigenvalue weighted by atomic mass is 10.1.